The van der Waals surface area contributed by atoms with Crippen molar-refractivity contribution in [3.05, 3.63) is 70.3 Å². The summed E-state index contributed by atoms with van der Waals surface area (Å²) in [4.78, 5) is 32.5. The number of fused-ring (bicyclic) bond motifs is 1. The Morgan fingerprint density at radius 2 is 2.03 bits per heavy atom. The largest absolute Gasteiger partial charge is 0.497 e. The van der Waals surface area contributed by atoms with Crippen molar-refractivity contribution in [3.63, 3.8) is 0 Å². The summed E-state index contributed by atoms with van der Waals surface area (Å²) in [7, 11) is 1.58. The predicted molar refractivity (Wildman–Crippen MR) is 119 cm³/mol. The van der Waals surface area contributed by atoms with Crippen molar-refractivity contribution in [2.75, 3.05) is 19.0 Å². The maximum absolute atomic E-state index is 12.6. The molecule has 1 aliphatic carbocycles. The van der Waals surface area contributed by atoms with Crippen molar-refractivity contribution in [1.82, 2.24) is 19.7 Å². The first kappa shape index (κ1) is 20.6. The van der Waals surface area contributed by atoms with E-state index in [4.69, 9.17) is 13.9 Å². The molecule has 10 heteroatoms. The first-order valence-electron chi connectivity index (χ1n) is 10.4. The highest BCUT2D eigenvalue weighted by molar-refractivity contribution is 5.91. The molecular formula is C23H21N5O5. The van der Waals surface area contributed by atoms with Gasteiger partial charge in [0.15, 0.2) is 12.4 Å². The van der Waals surface area contributed by atoms with Gasteiger partial charge in [0.1, 0.15) is 23.0 Å². The standard InChI is InChI=1S/C23H21N5O5/c1-31-14-7-9-15(10-8-14)33-13-21(29)25-20-12-18(19-6-3-11-32-19)27-28(20)23-24-17-5-2-4-16(17)22(30)26-23/h3,6-12H,2,4-5,13H2,1H3,(H,25,29)(H,24,26,30). The molecule has 0 aliphatic heterocycles. The molecule has 0 saturated heterocycles. The molecule has 33 heavy (non-hydrogen) atoms. The predicted octanol–water partition coefficient (Wildman–Crippen LogP) is 2.73. The zero-order valence-corrected chi connectivity index (χ0v) is 17.8. The van der Waals surface area contributed by atoms with E-state index in [-0.39, 0.29) is 18.1 Å². The lowest BCUT2D eigenvalue weighted by molar-refractivity contribution is -0.118. The fraction of sp³-hybridized carbons (Fsp3) is 0.217. The number of hydrogen-bond donors (Lipinski definition) is 2. The minimum Gasteiger partial charge on any atom is -0.497 e. The zero-order chi connectivity index (χ0) is 22.8. The van der Waals surface area contributed by atoms with E-state index in [1.807, 2.05) is 0 Å². The highest BCUT2D eigenvalue weighted by Gasteiger charge is 2.21. The Morgan fingerprint density at radius 1 is 1.21 bits per heavy atom. The Hall–Kier alpha value is -4.34. The molecule has 0 atom stereocenters. The summed E-state index contributed by atoms with van der Waals surface area (Å²) in [6.07, 6.45) is 3.86. The summed E-state index contributed by atoms with van der Waals surface area (Å²) in [6.45, 7) is -0.221. The van der Waals surface area contributed by atoms with Gasteiger partial charge in [-0.25, -0.2) is 4.98 Å². The third kappa shape index (κ3) is 4.22. The maximum atomic E-state index is 12.6. The van der Waals surface area contributed by atoms with Crippen LogP contribution in [-0.4, -0.2) is 39.4 Å². The summed E-state index contributed by atoms with van der Waals surface area (Å²) in [5.74, 6) is 1.89. The molecule has 0 fully saturated rings. The number of ether oxygens (including phenoxy) is 2. The van der Waals surface area contributed by atoms with Crippen LogP contribution in [0.1, 0.15) is 17.7 Å². The SMILES string of the molecule is COc1ccc(OCC(=O)Nc2cc(-c3ccco3)nn2-c2nc3c(c(=O)[nH]2)CCC3)cc1. The van der Waals surface area contributed by atoms with Crippen molar-refractivity contribution in [2.24, 2.45) is 0 Å². The van der Waals surface area contributed by atoms with Crippen LogP contribution in [0, 0.1) is 0 Å². The summed E-state index contributed by atoms with van der Waals surface area (Å²) in [6, 6.07) is 12.1. The molecule has 1 aromatic carbocycles. The second kappa shape index (κ2) is 8.65. The monoisotopic (exact) mass is 447 g/mol. The van der Waals surface area contributed by atoms with Gasteiger partial charge < -0.3 is 19.2 Å². The van der Waals surface area contributed by atoms with Gasteiger partial charge in [0.25, 0.3) is 11.5 Å². The van der Waals surface area contributed by atoms with Crippen molar-refractivity contribution >= 4 is 11.7 Å². The lowest BCUT2D eigenvalue weighted by Crippen LogP contribution is -2.24. The van der Waals surface area contributed by atoms with Crippen LogP contribution in [0.3, 0.4) is 0 Å². The molecule has 1 aliphatic rings. The fourth-order valence-electron chi connectivity index (χ4n) is 3.70. The molecule has 2 N–H and O–H groups in total. The zero-order valence-electron chi connectivity index (χ0n) is 17.8. The van der Waals surface area contributed by atoms with E-state index >= 15 is 0 Å². The van der Waals surface area contributed by atoms with E-state index in [0.29, 0.717) is 40.8 Å². The molecule has 1 amide bonds. The van der Waals surface area contributed by atoms with Crippen molar-refractivity contribution in [1.29, 1.82) is 0 Å². The van der Waals surface area contributed by atoms with Crippen LogP contribution in [-0.2, 0) is 17.6 Å². The van der Waals surface area contributed by atoms with Gasteiger partial charge in [-0.3, -0.25) is 14.6 Å². The second-order valence-corrected chi connectivity index (χ2v) is 7.48. The first-order chi connectivity index (χ1) is 16.1. The second-order valence-electron chi connectivity index (χ2n) is 7.48. The molecule has 3 heterocycles. The number of carbonyl (C=O) groups is 1. The molecule has 0 radical (unpaired) electrons. The minimum atomic E-state index is -0.401. The number of rotatable bonds is 7. The average Bonchev–Trinajstić information content (AvgIpc) is 3.58. The van der Waals surface area contributed by atoms with E-state index in [2.05, 4.69) is 20.4 Å². The molecule has 0 unspecified atom stereocenters. The molecule has 0 saturated carbocycles. The van der Waals surface area contributed by atoms with Gasteiger partial charge in [0, 0.05) is 11.6 Å². The smallest absolute Gasteiger partial charge is 0.263 e. The summed E-state index contributed by atoms with van der Waals surface area (Å²) in [5.41, 5.74) is 1.75. The van der Waals surface area contributed by atoms with Crippen molar-refractivity contribution in [3.8, 4) is 28.9 Å². The van der Waals surface area contributed by atoms with Gasteiger partial charge in [0.05, 0.1) is 19.1 Å². The number of nitrogens with zero attached hydrogens (tertiary/aromatic N) is 3. The topological polar surface area (TPSA) is 124 Å². The normalized spacial score (nSPS) is 12.4. The quantitative estimate of drug-likeness (QED) is 0.446. The van der Waals surface area contributed by atoms with Crippen LogP contribution in [0.25, 0.3) is 17.4 Å². The van der Waals surface area contributed by atoms with E-state index in [1.54, 1.807) is 49.6 Å². The van der Waals surface area contributed by atoms with E-state index in [9.17, 15) is 9.59 Å². The number of anilines is 1. The van der Waals surface area contributed by atoms with E-state index in [0.717, 1.165) is 18.5 Å². The van der Waals surface area contributed by atoms with E-state index in [1.165, 1.54) is 10.9 Å². The van der Waals surface area contributed by atoms with E-state index < -0.39 is 5.91 Å². The number of aromatic nitrogens is 4. The fourth-order valence-corrected chi connectivity index (χ4v) is 3.70. The number of benzene rings is 1. The summed E-state index contributed by atoms with van der Waals surface area (Å²) in [5, 5.41) is 7.28. The first-order valence-corrected chi connectivity index (χ1v) is 10.4. The number of aromatic amines is 1. The Balaban J connectivity index is 1.41. The molecule has 0 bridgehead atoms. The maximum Gasteiger partial charge on any atom is 0.263 e. The lowest BCUT2D eigenvalue weighted by Gasteiger charge is -2.10. The van der Waals surface area contributed by atoms with Gasteiger partial charge in [-0.2, -0.15) is 9.78 Å². The number of furan rings is 1. The summed E-state index contributed by atoms with van der Waals surface area (Å²) >= 11 is 0. The lowest BCUT2D eigenvalue weighted by atomic mass is 10.3. The van der Waals surface area contributed by atoms with Crippen LogP contribution in [0.15, 0.2) is 57.9 Å². The minimum absolute atomic E-state index is 0.192. The molecule has 3 aromatic heterocycles. The third-order valence-electron chi connectivity index (χ3n) is 5.31. The molecule has 0 spiro atoms. The number of carbonyl (C=O) groups excluding carboxylic acids is 1. The Labute approximate surface area is 188 Å². The highest BCUT2D eigenvalue weighted by atomic mass is 16.5. The number of hydrogen-bond acceptors (Lipinski definition) is 7. The number of amides is 1. The number of nitrogens with one attached hydrogen (secondary N) is 2. The van der Waals surface area contributed by atoms with Gasteiger partial charge in [-0.1, -0.05) is 0 Å². The third-order valence-corrected chi connectivity index (χ3v) is 5.31. The molecule has 168 valence electrons. The average molecular weight is 447 g/mol. The van der Waals surface area contributed by atoms with Crippen LogP contribution in [0.5, 0.6) is 11.5 Å². The Morgan fingerprint density at radius 3 is 2.79 bits per heavy atom. The van der Waals surface area contributed by atoms with Crippen molar-refractivity contribution in [2.45, 2.75) is 19.3 Å². The molecule has 10 nitrogen and oxygen atoms in total. The van der Waals surface area contributed by atoms with Crippen LogP contribution in [0.4, 0.5) is 5.82 Å². The number of methoxy groups -OCH3 is 1. The van der Waals surface area contributed by atoms with Gasteiger partial charge >= 0.3 is 0 Å². The Bertz CT molecular complexity index is 1340. The van der Waals surface area contributed by atoms with Gasteiger partial charge in [-0.05, 0) is 55.7 Å². The molecule has 4 aromatic rings. The highest BCUT2D eigenvalue weighted by Crippen LogP contribution is 2.25. The molecular weight excluding hydrogens is 426 g/mol. The Kier molecular flexibility index (Phi) is 5.39. The van der Waals surface area contributed by atoms with Crippen LogP contribution in [0.2, 0.25) is 0 Å². The van der Waals surface area contributed by atoms with Crippen LogP contribution >= 0.6 is 0 Å². The summed E-state index contributed by atoms with van der Waals surface area (Å²) < 4.78 is 17.5. The molecule has 5 rings (SSSR count). The number of H-pyrrole nitrogens is 1. The van der Waals surface area contributed by atoms with Crippen LogP contribution < -0.4 is 20.3 Å². The number of aryl methyl sites for hydroxylation is 1. The van der Waals surface area contributed by atoms with Gasteiger partial charge in [-0.15, -0.1) is 0 Å². The van der Waals surface area contributed by atoms with Gasteiger partial charge in [0.2, 0.25) is 5.95 Å². The van der Waals surface area contributed by atoms with Crippen molar-refractivity contribution < 1.29 is 18.7 Å².